The van der Waals surface area contributed by atoms with Gasteiger partial charge in [0.25, 0.3) is 0 Å². The molecule has 0 aliphatic carbocycles. The van der Waals surface area contributed by atoms with E-state index in [0.29, 0.717) is 13.1 Å². The minimum atomic E-state index is -0.296. The van der Waals surface area contributed by atoms with Gasteiger partial charge in [0.2, 0.25) is 5.91 Å². The third kappa shape index (κ3) is 5.53. The van der Waals surface area contributed by atoms with E-state index >= 15 is 0 Å². The zero-order valence-corrected chi connectivity index (χ0v) is 20.8. The van der Waals surface area contributed by atoms with Crippen molar-refractivity contribution < 1.29 is 14.3 Å². The fourth-order valence-electron chi connectivity index (χ4n) is 5.24. The van der Waals surface area contributed by atoms with E-state index in [1.165, 1.54) is 0 Å². The second-order valence-electron chi connectivity index (χ2n) is 9.41. The number of methoxy groups -OCH3 is 1. The van der Waals surface area contributed by atoms with Gasteiger partial charge in [-0.2, -0.15) is 0 Å². The Morgan fingerprint density at radius 2 is 1.92 bits per heavy atom. The minimum Gasteiger partial charge on any atom is -0.496 e. The van der Waals surface area contributed by atoms with E-state index in [-0.39, 0.29) is 18.1 Å². The molecule has 2 aliphatic rings. The third-order valence-electron chi connectivity index (χ3n) is 7.03. The van der Waals surface area contributed by atoms with Gasteiger partial charge in [-0.1, -0.05) is 42.5 Å². The first-order valence-electron chi connectivity index (χ1n) is 12.7. The molecule has 3 aromatic rings. The SMILES string of the molecule is COc1ccccc1[C@@H]1CN(CCNC(=O)[C@H](c2cccnc2)N2CCCC2)Cc2ccccc2O1. The van der Waals surface area contributed by atoms with Gasteiger partial charge in [-0.3, -0.25) is 19.6 Å². The lowest BCUT2D eigenvalue weighted by atomic mass is 10.1. The van der Waals surface area contributed by atoms with Gasteiger partial charge in [0.1, 0.15) is 23.6 Å². The Hall–Kier alpha value is -3.42. The second kappa shape index (κ2) is 11.5. The van der Waals surface area contributed by atoms with Gasteiger partial charge in [0.05, 0.1) is 7.11 Å². The van der Waals surface area contributed by atoms with Gasteiger partial charge in [-0.15, -0.1) is 0 Å². The topological polar surface area (TPSA) is 66.9 Å². The van der Waals surface area contributed by atoms with Gasteiger partial charge < -0.3 is 14.8 Å². The van der Waals surface area contributed by atoms with Gasteiger partial charge in [0, 0.05) is 49.7 Å². The normalized spacial score (nSPS) is 19.1. The molecule has 2 aliphatic heterocycles. The van der Waals surface area contributed by atoms with Crippen molar-refractivity contribution in [1.29, 1.82) is 0 Å². The van der Waals surface area contributed by atoms with Gasteiger partial charge >= 0.3 is 0 Å². The fourth-order valence-corrected chi connectivity index (χ4v) is 5.24. The Balaban J connectivity index is 1.29. The summed E-state index contributed by atoms with van der Waals surface area (Å²) < 4.78 is 12.1. The van der Waals surface area contributed by atoms with Crippen LogP contribution in [0.2, 0.25) is 0 Å². The second-order valence-corrected chi connectivity index (χ2v) is 9.41. The smallest absolute Gasteiger partial charge is 0.242 e. The molecule has 0 saturated carbocycles. The zero-order valence-electron chi connectivity index (χ0n) is 20.8. The lowest BCUT2D eigenvalue weighted by Gasteiger charge is -2.28. The summed E-state index contributed by atoms with van der Waals surface area (Å²) in [5.74, 6) is 1.75. The number of nitrogens with one attached hydrogen (secondary N) is 1. The Labute approximate surface area is 213 Å². The number of amides is 1. The van der Waals surface area contributed by atoms with Crippen LogP contribution in [0.1, 0.15) is 41.7 Å². The summed E-state index contributed by atoms with van der Waals surface area (Å²) in [6.07, 6.45) is 5.64. The predicted octanol–water partition coefficient (Wildman–Crippen LogP) is 3.98. The number of para-hydroxylation sites is 2. The first-order valence-corrected chi connectivity index (χ1v) is 12.7. The van der Waals surface area contributed by atoms with Crippen LogP contribution in [-0.2, 0) is 11.3 Å². The summed E-state index contributed by atoms with van der Waals surface area (Å²) in [6, 6.07) is 19.8. The summed E-state index contributed by atoms with van der Waals surface area (Å²) in [4.78, 5) is 22.2. The summed E-state index contributed by atoms with van der Waals surface area (Å²) in [5, 5.41) is 3.21. The average Bonchev–Trinajstić information content (AvgIpc) is 3.37. The number of carbonyl (C=O) groups is 1. The number of likely N-dealkylation sites (tertiary alicyclic amines) is 1. The van der Waals surface area contributed by atoms with Crippen LogP contribution in [0, 0.1) is 0 Å². The highest BCUT2D eigenvalue weighted by Crippen LogP contribution is 2.34. The number of nitrogens with zero attached hydrogens (tertiary/aromatic N) is 3. The molecule has 1 aromatic heterocycles. The van der Waals surface area contributed by atoms with Crippen molar-refractivity contribution in [2.45, 2.75) is 31.5 Å². The molecule has 0 bridgehead atoms. The molecule has 1 saturated heterocycles. The van der Waals surface area contributed by atoms with Crippen LogP contribution in [0.15, 0.2) is 73.1 Å². The van der Waals surface area contributed by atoms with Gasteiger partial charge in [0.15, 0.2) is 0 Å². The molecule has 1 amide bonds. The quantitative estimate of drug-likeness (QED) is 0.520. The van der Waals surface area contributed by atoms with Crippen molar-refractivity contribution in [2.75, 3.05) is 39.8 Å². The summed E-state index contributed by atoms with van der Waals surface area (Å²) in [5.41, 5.74) is 3.12. The molecule has 0 unspecified atom stereocenters. The maximum atomic E-state index is 13.4. The molecule has 3 heterocycles. The molecule has 2 aromatic carbocycles. The van der Waals surface area contributed by atoms with E-state index in [1.54, 1.807) is 13.3 Å². The Kier molecular flexibility index (Phi) is 7.79. The lowest BCUT2D eigenvalue weighted by molar-refractivity contribution is -0.126. The Morgan fingerprint density at radius 3 is 2.72 bits per heavy atom. The van der Waals surface area contributed by atoms with Crippen molar-refractivity contribution in [3.05, 3.63) is 89.7 Å². The fraction of sp³-hybridized carbons (Fsp3) is 0.379. The largest absolute Gasteiger partial charge is 0.496 e. The number of benzene rings is 2. The molecule has 1 N–H and O–H groups in total. The predicted molar refractivity (Wildman–Crippen MR) is 139 cm³/mol. The summed E-state index contributed by atoms with van der Waals surface area (Å²) in [6.45, 7) is 4.61. The molecule has 2 atom stereocenters. The molecule has 0 radical (unpaired) electrons. The van der Waals surface area contributed by atoms with Crippen LogP contribution in [0.3, 0.4) is 0 Å². The Bertz CT molecular complexity index is 1150. The first-order chi connectivity index (χ1) is 17.7. The van der Waals surface area contributed by atoms with Crippen LogP contribution in [0.4, 0.5) is 0 Å². The van der Waals surface area contributed by atoms with Crippen molar-refractivity contribution in [3.63, 3.8) is 0 Å². The number of fused-ring (bicyclic) bond motifs is 1. The molecule has 188 valence electrons. The van der Waals surface area contributed by atoms with Gasteiger partial charge in [-0.05, 0) is 49.7 Å². The highest BCUT2D eigenvalue weighted by atomic mass is 16.5. The number of hydrogen-bond acceptors (Lipinski definition) is 6. The highest BCUT2D eigenvalue weighted by Gasteiger charge is 2.30. The van der Waals surface area contributed by atoms with Crippen LogP contribution in [-0.4, -0.2) is 60.5 Å². The number of rotatable bonds is 8. The van der Waals surface area contributed by atoms with Gasteiger partial charge in [-0.25, -0.2) is 0 Å². The maximum Gasteiger partial charge on any atom is 0.242 e. The summed E-state index contributed by atoms with van der Waals surface area (Å²) in [7, 11) is 1.69. The van der Waals surface area contributed by atoms with Crippen LogP contribution >= 0.6 is 0 Å². The summed E-state index contributed by atoms with van der Waals surface area (Å²) >= 11 is 0. The maximum absolute atomic E-state index is 13.4. The van der Waals surface area contributed by atoms with Crippen molar-refractivity contribution >= 4 is 5.91 Å². The number of ether oxygens (including phenoxy) is 2. The van der Waals surface area contributed by atoms with Crippen molar-refractivity contribution in [2.24, 2.45) is 0 Å². The van der Waals surface area contributed by atoms with Crippen LogP contribution in [0.5, 0.6) is 11.5 Å². The van der Waals surface area contributed by atoms with E-state index in [0.717, 1.165) is 67.2 Å². The van der Waals surface area contributed by atoms with Crippen LogP contribution in [0.25, 0.3) is 0 Å². The lowest BCUT2D eigenvalue weighted by Crippen LogP contribution is -2.42. The third-order valence-corrected chi connectivity index (χ3v) is 7.03. The standard InChI is InChI=1S/C29H34N4O3/c1-35-26-13-5-3-11-24(26)27-21-32(20-23-9-2-4-12-25(23)36-27)18-15-31-29(34)28(33-16-6-7-17-33)22-10-8-14-30-19-22/h2-5,8-14,19,27-28H,6-7,15-18,20-21H2,1H3,(H,31,34)/t27-,28-/m0/s1. The number of aromatic nitrogens is 1. The van der Waals surface area contributed by atoms with Crippen LogP contribution < -0.4 is 14.8 Å². The van der Waals surface area contributed by atoms with E-state index in [4.69, 9.17) is 9.47 Å². The molecule has 1 fully saturated rings. The van der Waals surface area contributed by atoms with E-state index < -0.39 is 0 Å². The molecular formula is C29H34N4O3. The van der Waals surface area contributed by atoms with E-state index in [9.17, 15) is 4.79 Å². The van der Waals surface area contributed by atoms with E-state index in [2.05, 4.69) is 32.2 Å². The monoisotopic (exact) mass is 486 g/mol. The molecule has 0 spiro atoms. The number of carbonyl (C=O) groups excluding carboxylic acids is 1. The van der Waals surface area contributed by atoms with Crippen molar-refractivity contribution in [1.82, 2.24) is 20.1 Å². The highest BCUT2D eigenvalue weighted by molar-refractivity contribution is 5.83. The molecular weight excluding hydrogens is 452 g/mol. The number of pyridine rings is 1. The molecule has 7 heteroatoms. The minimum absolute atomic E-state index is 0.0395. The zero-order chi connectivity index (χ0) is 24.7. The number of hydrogen-bond donors (Lipinski definition) is 1. The molecule has 36 heavy (non-hydrogen) atoms. The molecule has 5 rings (SSSR count). The molecule has 7 nitrogen and oxygen atoms in total. The Morgan fingerprint density at radius 1 is 1.11 bits per heavy atom. The average molecular weight is 487 g/mol. The first kappa shape index (κ1) is 24.3. The van der Waals surface area contributed by atoms with Crippen molar-refractivity contribution in [3.8, 4) is 11.5 Å². The van der Waals surface area contributed by atoms with E-state index in [1.807, 2.05) is 54.7 Å².